The van der Waals surface area contributed by atoms with Crippen LogP contribution in [-0.4, -0.2) is 25.8 Å². The molecule has 0 aromatic heterocycles. The molecule has 19 heavy (non-hydrogen) atoms. The summed E-state index contributed by atoms with van der Waals surface area (Å²) in [6.45, 7) is 3.23. The Labute approximate surface area is 113 Å². The predicted molar refractivity (Wildman–Crippen MR) is 75.4 cm³/mol. The van der Waals surface area contributed by atoms with Crippen LogP contribution in [0.15, 0.2) is 53.4 Å². The number of sulfonamides is 1. The van der Waals surface area contributed by atoms with Gasteiger partial charge in [0.1, 0.15) is 0 Å². The molecular formula is C15H15NO2S. The molecular weight excluding hydrogens is 258 g/mol. The molecule has 4 heteroatoms. The Morgan fingerprint density at radius 1 is 1.00 bits per heavy atom. The van der Waals surface area contributed by atoms with E-state index in [4.69, 9.17) is 0 Å². The maximum absolute atomic E-state index is 12.4. The molecule has 3 rings (SSSR count). The first-order valence-corrected chi connectivity index (χ1v) is 7.69. The predicted octanol–water partition coefficient (Wildman–Crippen LogP) is 2.67. The van der Waals surface area contributed by atoms with Crippen LogP contribution in [0.5, 0.6) is 0 Å². The van der Waals surface area contributed by atoms with Crippen molar-refractivity contribution in [1.29, 1.82) is 0 Å². The van der Waals surface area contributed by atoms with Crippen LogP contribution in [0.3, 0.4) is 0 Å². The Bertz CT molecular complexity index is 704. The van der Waals surface area contributed by atoms with E-state index >= 15 is 0 Å². The Morgan fingerprint density at radius 3 is 2.32 bits per heavy atom. The van der Waals surface area contributed by atoms with E-state index in [0.29, 0.717) is 18.0 Å². The summed E-state index contributed by atoms with van der Waals surface area (Å²) < 4.78 is 26.3. The van der Waals surface area contributed by atoms with Gasteiger partial charge in [0, 0.05) is 18.7 Å². The van der Waals surface area contributed by atoms with E-state index in [9.17, 15) is 8.42 Å². The number of benzene rings is 2. The van der Waals surface area contributed by atoms with Gasteiger partial charge in [-0.05, 0) is 18.6 Å². The summed E-state index contributed by atoms with van der Waals surface area (Å²) in [7, 11) is -3.33. The fourth-order valence-electron chi connectivity index (χ4n) is 2.13. The van der Waals surface area contributed by atoms with Gasteiger partial charge in [-0.25, -0.2) is 8.42 Å². The highest BCUT2D eigenvalue weighted by atomic mass is 32.2. The molecule has 98 valence electrons. The van der Waals surface area contributed by atoms with Gasteiger partial charge in [-0.15, -0.1) is 0 Å². The summed E-state index contributed by atoms with van der Waals surface area (Å²) in [4.78, 5) is 0.404. The molecule has 0 radical (unpaired) electrons. The lowest BCUT2D eigenvalue weighted by Gasteiger charge is -2.12. The second-order valence-electron chi connectivity index (χ2n) is 4.77. The highest BCUT2D eigenvalue weighted by Gasteiger charge is 2.34. The van der Waals surface area contributed by atoms with Crippen molar-refractivity contribution in [3.63, 3.8) is 0 Å². The van der Waals surface area contributed by atoms with Crippen molar-refractivity contribution in [1.82, 2.24) is 4.31 Å². The molecule has 0 saturated carbocycles. The Hall–Kier alpha value is -1.65. The van der Waals surface area contributed by atoms with E-state index in [1.54, 1.807) is 6.07 Å². The van der Waals surface area contributed by atoms with Gasteiger partial charge < -0.3 is 0 Å². The van der Waals surface area contributed by atoms with E-state index in [2.05, 4.69) is 0 Å². The van der Waals surface area contributed by atoms with Crippen molar-refractivity contribution in [3.8, 4) is 11.1 Å². The second kappa shape index (κ2) is 4.47. The minimum atomic E-state index is -3.33. The summed E-state index contributed by atoms with van der Waals surface area (Å²) in [5.41, 5.74) is 2.78. The van der Waals surface area contributed by atoms with Crippen LogP contribution >= 0.6 is 0 Å². The smallest absolute Gasteiger partial charge is 0.207 e. The molecule has 1 fully saturated rings. The topological polar surface area (TPSA) is 37.1 Å². The van der Waals surface area contributed by atoms with Crippen molar-refractivity contribution in [3.05, 3.63) is 54.1 Å². The highest BCUT2D eigenvalue weighted by molar-refractivity contribution is 7.89. The molecule has 0 amide bonds. The van der Waals surface area contributed by atoms with Crippen molar-refractivity contribution in [2.75, 3.05) is 13.1 Å². The number of nitrogens with zero attached hydrogens (tertiary/aromatic N) is 1. The SMILES string of the molecule is Cc1ccc(S(=O)(=O)N2CC2)c(-c2ccccc2)c1. The van der Waals surface area contributed by atoms with Crippen LogP contribution < -0.4 is 0 Å². The van der Waals surface area contributed by atoms with Gasteiger partial charge in [-0.2, -0.15) is 4.31 Å². The van der Waals surface area contributed by atoms with Gasteiger partial charge in [-0.3, -0.25) is 0 Å². The number of hydrogen-bond donors (Lipinski definition) is 0. The van der Waals surface area contributed by atoms with E-state index in [-0.39, 0.29) is 0 Å². The number of aryl methyl sites for hydroxylation is 1. The van der Waals surface area contributed by atoms with Crippen LogP contribution in [-0.2, 0) is 10.0 Å². The maximum atomic E-state index is 12.4. The van der Waals surface area contributed by atoms with E-state index in [0.717, 1.165) is 16.7 Å². The first-order chi connectivity index (χ1) is 9.09. The molecule has 0 unspecified atom stereocenters. The number of rotatable bonds is 3. The molecule has 1 aliphatic rings. The average Bonchev–Trinajstić information content (AvgIpc) is 3.24. The largest absolute Gasteiger partial charge is 0.243 e. The molecule has 0 spiro atoms. The second-order valence-corrected chi connectivity index (χ2v) is 6.68. The van der Waals surface area contributed by atoms with Gasteiger partial charge in [0.25, 0.3) is 0 Å². The lowest BCUT2D eigenvalue weighted by atomic mass is 10.0. The fraction of sp³-hybridized carbons (Fsp3) is 0.200. The van der Waals surface area contributed by atoms with Crippen LogP contribution in [0.25, 0.3) is 11.1 Å². The van der Waals surface area contributed by atoms with Crippen molar-refractivity contribution >= 4 is 10.0 Å². The minimum Gasteiger partial charge on any atom is -0.207 e. The normalized spacial score (nSPS) is 15.4. The van der Waals surface area contributed by atoms with Crippen LogP contribution in [0.4, 0.5) is 0 Å². The zero-order valence-corrected chi connectivity index (χ0v) is 11.5. The van der Waals surface area contributed by atoms with Crippen molar-refractivity contribution in [2.45, 2.75) is 11.8 Å². The zero-order valence-electron chi connectivity index (χ0n) is 10.7. The fourth-order valence-corrected chi connectivity index (χ4v) is 3.67. The summed E-state index contributed by atoms with van der Waals surface area (Å²) >= 11 is 0. The van der Waals surface area contributed by atoms with Gasteiger partial charge >= 0.3 is 0 Å². The third-order valence-corrected chi connectivity index (χ3v) is 5.20. The van der Waals surface area contributed by atoms with Gasteiger partial charge in [0.2, 0.25) is 10.0 Å². The molecule has 1 heterocycles. The molecule has 2 aromatic carbocycles. The molecule has 0 bridgehead atoms. The molecule has 2 aromatic rings. The average molecular weight is 273 g/mol. The van der Waals surface area contributed by atoms with Crippen LogP contribution in [0, 0.1) is 6.92 Å². The van der Waals surface area contributed by atoms with Crippen LogP contribution in [0.2, 0.25) is 0 Å². The quantitative estimate of drug-likeness (QED) is 0.806. The van der Waals surface area contributed by atoms with Gasteiger partial charge in [-0.1, -0.05) is 48.0 Å². The molecule has 3 nitrogen and oxygen atoms in total. The molecule has 0 atom stereocenters. The van der Waals surface area contributed by atoms with Crippen molar-refractivity contribution < 1.29 is 8.42 Å². The monoisotopic (exact) mass is 273 g/mol. The van der Waals surface area contributed by atoms with Crippen LogP contribution in [0.1, 0.15) is 5.56 Å². The first kappa shape index (κ1) is 12.4. The zero-order chi connectivity index (χ0) is 13.5. The van der Waals surface area contributed by atoms with Crippen molar-refractivity contribution in [2.24, 2.45) is 0 Å². The van der Waals surface area contributed by atoms with E-state index in [1.165, 1.54) is 4.31 Å². The lowest BCUT2D eigenvalue weighted by Crippen LogP contribution is -2.13. The minimum absolute atomic E-state index is 0.404. The standard InChI is InChI=1S/C15H15NO2S/c1-12-7-8-15(19(17,18)16-9-10-16)14(11-12)13-5-3-2-4-6-13/h2-8,11H,9-10H2,1H3. The summed E-state index contributed by atoms with van der Waals surface area (Å²) in [5, 5.41) is 0. The summed E-state index contributed by atoms with van der Waals surface area (Å²) in [6, 6.07) is 15.2. The Kier molecular flexibility index (Phi) is 2.92. The summed E-state index contributed by atoms with van der Waals surface area (Å²) in [6.07, 6.45) is 0. The van der Waals surface area contributed by atoms with Gasteiger partial charge in [0.05, 0.1) is 4.90 Å². The highest BCUT2D eigenvalue weighted by Crippen LogP contribution is 2.32. The van der Waals surface area contributed by atoms with E-state index < -0.39 is 10.0 Å². The Balaban J connectivity index is 2.21. The molecule has 0 N–H and O–H groups in total. The molecule has 0 aliphatic carbocycles. The maximum Gasteiger partial charge on any atom is 0.243 e. The number of hydrogen-bond acceptors (Lipinski definition) is 2. The first-order valence-electron chi connectivity index (χ1n) is 6.25. The van der Waals surface area contributed by atoms with Gasteiger partial charge in [0.15, 0.2) is 0 Å². The third-order valence-electron chi connectivity index (χ3n) is 3.24. The summed E-state index contributed by atoms with van der Waals surface area (Å²) in [5.74, 6) is 0. The van der Waals surface area contributed by atoms with E-state index in [1.807, 2.05) is 49.4 Å². The Morgan fingerprint density at radius 2 is 1.68 bits per heavy atom. The third kappa shape index (κ3) is 2.29. The molecule has 1 saturated heterocycles. The lowest BCUT2D eigenvalue weighted by molar-refractivity contribution is 0.563. The molecule has 1 aliphatic heterocycles.